The van der Waals surface area contributed by atoms with Gasteiger partial charge in [-0.05, 0) is 25.0 Å². The Labute approximate surface area is 179 Å². The van der Waals surface area contributed by atoms with Gasteiger partial charge in [-0.2, -0.15) is 0 Å². The molecule has 0 spiro atoms. The van der Waals surface area contributed by atoms with Crippen molar-refractivity contribution in [3.63, 3.8) is 0 Å². The molecule has 0 radical (unpaired) electrons. The monoisotopic (exact) mass is 418 g/mol. The minimum absolute atomic E-state index is 0.133. The molecule has 0 saturated carbocycles. The average molecular weight is 419 g/mol. The molecule has 30 heavy (non-hydrogen) atoms. The van der Waals surface area contributed by atoms with E-state index >= 15 is 0 Å². The van der Waals surface area contributed by atoms with Crippen molar-refractivity contribution in [3.05, 3.63) is 92.7 Å². The van der Waals surface area contributed by atoms with E-state index in [0.29, 0.717) is 0 Å². The van der Waals surface area contributed by atoms with Crippen molar-refractivity contribution in [2.24, 2.45) is 4.99 Å². The Morgan fingerprint density at radius 1 is 1.10 bits per heavy atom. The number of alkyl carbamates (subject to hydrolysis) is 1. The minimum Gasteiger partial charge on any atom is -0.445 e. The first-order chi connectivity index (χ1) is 14.5. The fourth-order valence-electron chi connectivity index (χ4n) is 3.46. The number of hydrogen-bond acceptors (Lipinski definition) is 5. The van der Waals surface area contributed by atoms with Gasteiger partial charge in [-0.25, -0.2) is 4.79 Å². The molecule has 0 bridgehead atoms. The molecule has 0 saturated heterocycles. The summed E-state index contributed by atoms with van der Waals surface area (Å²) in [7, 11) is 0. The fraction of sp³-hybridized carbons (Fsp3) is 0.208. The highest BCUT2D eigenvalue weighted by atomic mass is 32.1. The number of Topliss-reactive ketones (excluding diaryl/α,β-unsaturated/α-hetero) is 1. The first-order valence-electron chi connectivity index (χ1n) is 9.75. The summed E-state index contributed by atoms with van der Waals surface area (Å²) in [6.45, 7) is 4.24. The molecule has 5 nitrogen and oxygen atoms in total. The maximum absolute atomic E-state index is 12.9. The van der Waals surface area contributed by atoms with E-state index in [-0.39, 0.29) is 18.8 Å². The van der Waals surface area contributed by atoms with Crippen LogP contribution in [0.15, 0.2) is 65.7 Å². The van der Waals surface area contributed by atoms with Crippen molar-refractivity contribution in [2.75, 3.05) is 0 Å². The molecule has 3 aromatic rings. The number of thiophene rings is 1. The highest BCUT2D eigenvalue weighted by Gasteiger charge is 2.30. The van der Waals surface area contributed by atoms with E-state index in [0.717, 1.165) is 32.8 Å². The number of nitrogens with zero attached hydrogens (tertiary/aromatic N) is 1. The summed E-state index contributed by atoms with van der Waals surface area (Å²) in [6.07, 6.45) is -1.41. The van der Waals surface area contributed by atoms with Crippen LogP contribution in [0.2, 0.25) is 0 Å². The van der Waals surface area contributed by atoms with Gasteiger partial charge in [0.2, 0.25) is 0 Å². The summed E-state index contributed by atoms with van der Waals surface area (Å²) in [4.78, 5) is 32.1. The van der Waals surface area contributed by atoms with E-state index in [9.17, 15) is 9.59 Å². The quantitative estimate of drug-likeness (QED) is 0.674. The first kappa shape index (κ1) is 20.0. The van der Waals surface area contributed by atoms with Gasteiger partial charge in [-0.3, -0.25) is 15.1 Å². The lowest BCUT2D eigenvalue weighted by Gasteiger charge is -2.14. The number of aryl methyl sites for hydroxylation is 1. The van der Waals surface area contributed by atoms with E-state index in [1.807, 2.05) is 60.7 Å². The van der Waals surface area contributed by atoms with E-state index in [4.69, 9.17) is 9.73 Å². The lowest BCUT2D eigenvalue weighted by atomic mass is 9.98. The van der Waals surface area contributed by atoms with Crippen molar-refractivity contribution < 1.29 is 14.3 Å². The number of nitrogens with one attached hydrogen (secondary N) is 1. The van der Waals surface area contributed by atoms with Crippen molar-refractivity contribution in [2.45, 2.75) is 33.0 Å². The fourth-order valence-corrected chi connectivity index (χ4v) is 4.65. The van der Waals surface area contributed by atoms with Gasteiger partial charge in [0.15, 0.2) is 11.9 Å². The van der Waals surface area contributed by atoms with Crippen LogP contribution in [-0.2, 0) is 22.6 Å². The molecule has 1 aliphatic heterocycles. The highest BCUT2D eigenvalue weighted by Crippen LogP contribution is 2.32. The Bertz CT molecular complexity index is 1100. The Morgan fingerprint density at radius 2 is 1.77 bits per heavy atom. The number of carbonyl (C=O) groups is 2. The number of rotatable bonds is 4. The topological polar surface area (TPSA) is 67.8 Å². The van der Waals surface area contributed by atoms with E-state index < -0.39 is 12.3 Å². The number of benzene rings is 2. The zero-order valence-corrected chi connectivity index (χ0v) is 17.7. The van der Waals surface area contributed by atoms with Crippen LogP contribution < -0.4 is 5.32 Å². The first-order valence-corrected chi connectivity index (χ1v) is 10.6. The van der Waals surface area contributed by atoms with Gasteiger partial charge < -0.3 is 4.74 Å². The Balaban J connectivity index is 1.62. The lowest BCUT2D eigenvalue weighted by Crippen LogP contribution is -2.40. The molecule has 1 atom stereocenters. The van der Waals surface area contributed by atoms with Crippen LogP contribution in [0.1, 0.15) is 32.0 Å². The van der Waals surface area contributed by atoms with Crippen molar-refractivity contribution >= 4 is 28.9 Å². The third-order valence-corrected chi connectivity index (χ3v) is 6.31. The summed E-state index contributed by atoms with van der Waals surface area (Å²) < 4.78 is 5.29. The van der Waals surface area contributed by atoms with Crippen molar-refractivity contribution in [1.82, 2.24) is 5.32 Å². The number of hydrogen-bond donors (Lipinski definition) is 1. The molecule has 2 heterocycles. The SMILES string of the molecule is Cc1sc2c(c1C)C(c1ccccc1)=NC(NC(=O)OCc1ccccc1)C(=O)C2. The van der Waals surface area contributed by atoms with Crippen LogP contribution in [0.3, 0.4) is 0 Å². The molecular weight excluding hydrogens is 396 g/mol. The highest BCUT2D eigenvalue weighted by molar-refractivity contribution is 7.12. The normalized spacial score (nSPS) is 15.7. The maximum Gasteiger partial charge on any atom is 0.409 e. The van der Waals surface area contributed by atoms with Crippen LogP contribution in [0.4, 0.5) is 4.79 Å². The summed E-state index contributed by atoms with van der Waals surface area (Å²) in [6, 6.07) is 19.2. The zero-order chi connectivity index (χ0) is 21.1. The number of aliphatic imine (C=N–C) groups is 1. The van der Waals surface area contributed by atoms with Gasteiger partial charge in [-0.1, -0.05) is 60.7 Å². The second-order valence-electron chi connectivity index (χ2n) is 7.18. The summed E-state index contributed by atoms with van der Waals surface area (Å²) >= 11 is 1.62. The molecule has 0 fully saturated rings. The van der Waals surface area contributed by atoms with Crippen molar-refractivity contribution in [3.8, 4) is 0 Å². The second kappa shape index (κ2) is 8.63. The number of ether oxygens (including phenoxy) is 1. The third kappa shape index (κ3) is 4.19. The Kier molecular flexibility index (Phi) is 5.77. The third-order valence-electron chi connectivity index (χ3n) is 5.11. The molecule has 0 aliphatic carbocycles. The van der Waals surface area contributed by atoms with Crippen LogP contribution >= 0.6 is 11.3 Å². The van der Waals surface area contributed by atoms with Crippen LogP contribution in [-0.4, -0.2) is 23.8 Å². The number of fused-ring (bicyclic) bond motifs is 1. The second-order valence-corrected chi connectivity index (χ2v) is 8.49. The molecular formula is C24H22N2O3S. The predicted octanol–water partition coefficient (Wildman–Crippen LogP) is 4.58. The largest absolute Gasteiger partial charge is 0.445 e. The molecule has 1 N–H and O–H groups in total. The maximum atomic E-state index is 12.9. The molecule has 1 aromatic heterocycles. The molecule has 1 amide bonds. The number of carbonyl (C=O) groups excluding carboxylic acids is 2. The van der Waals surface area contributed by atoms with Crippen molar-refractivity contribution in [1.29, 1.82) is 0 Å². The number of amides is 1. The van der Waals surface area contributed by atoms with Gasteiger partial charge in [-0.15, -0.1) is 11.3 Å². The van der Waals surface area contributed by atoms with Gasteiger partial charge >= 0.3 is 6.09 Å². The average Bonchev–Trinajstić information content (AvgIpc) is 2.95. The summed E-state index contributed by atoms with van der Waals surface area (Å²) in [5.74, 6) is -0.153. The molecule has 4 rings (SSSR count). The van der Waals surface area contributed by atoms with Gasteiger partial charge in [0.25, 0.3) is 0 Å². The lowest BCUT2D eigenvalue weighted by molar-refractivity contribution is -0.120. The van der Waals surface area contributed by atoms with Crippen LogP contribution in [0, 0.1) is 13.8 Å². The van der Waals surface area contributed by atoms with E-state index in [1.54, 1.807) is 11.3 Å². The van der Waals surface area contributed by atoms with Gasteiger partial charge in [0.05, 0.1) is 5.71 Å². The van der Waals surface area contributed by atoms with Crippen LogP contribution in [0.5, 0.6) is 0 Å². The Hall–Kier alpha value is -3.25. The molecule has 152 valence electrons. The van der Waals surface area contributed by atoms with Gasteiger partial charge in [0, 0.05) is 27.3 Å². The molecule has 2 aromatic carbocycles. The number of ketones is 1. The van der Waals surface area contributed by atoms with Crippen LogP contribution in [0.25, 0.3) is 0 Å². The predicted molar refractivity (Wildman–Crippen MR) is 118 cm³/mol. The minimum atomic E-state index is -0.984. The molecule has 1 aliphatic rings. The smallest absolute Gasteiger partial charge is 0.409 e. The zero-order valence-electron chi connectivity index (χ0n) is 16.8. The van der Waals surface area contributed by atoms with E-state index in [2.05, 4.69) is 19.2 Å². The standard InChI is InChI=1S/C24H22N2O3S/c1-15-16(2)30-20-13-19(27)23(25-22(21(15)20)18-11-7-4-8-12-18)26-24(28)29-14-17-9-5-3-6-10-17/h3-12,23H,13-14H2,1-2H3,(H,26,28). The molecule has 6 heteroatoms. The Morgan fingerprint density at radius 3 is 2.47 bits per heavy atom. The summed E-state index contributed by atoms with van der Waals surface area (Å²) in [5, 5.41) is 2.64. The summed E-state index contributed by atoms with van der Waals surface area (Å²) in [5.41, 5.74) is 4.64. The van der Waals surface area contributed by atoms with E-state index in [1.165, 1.54) is 4.88 Å². The molecule has 1 unspecified atom stereocenters. The van der Waals surface area contributed by atoms with Gasteiger partial charge in [0.1, 0.15) is 6.61 Å².